The van der Waals surface area contributed by atoms with E-state index in [2.05, 4.69) is 21.9 Å². The van der Waals surface area contributed by atoms with Crippen LogP contribution in [0.15, 0.2) is 36.7 Å². The second-order valence-corrected chi connectivity index (χ2v) is 5.90. The molecule has 114 valence electrons. The first-order valence-electron chi connectivity index (χ1n) is 7.45. The molecule has 1 unspecified atom stereocenters. The fourth-order valence-corrected chi connectivity index (χ4v) is 2.92. The molecule has 2 aromatic rings. The second kappa shape index (κ2) is 6.23. The van der Waals surface area contributed by atoms with Crippen LogP contribution in [-0.4, -0.2) is 46.1 Å². The van der Waals surface area contributed by atoms with Crippen LogP contribution in [-0.2, 0) is 6.42 Å². The predicted molar refractivity (Wildman–Crippen MR) is 83.7 cm³/mol. The summed E-state index contributed by atoms with van der Waals surface area (Å²) in [6.07, 6.45) is 5.70. The Labute approximate surface area is 129 Å². The van der Waals surface area contributed by atoms with Crippen molar-refractivity contribution in [3.63, 3.8) is 0 Å². The van der Waals surface area contributed by atoms with Gasteiger partial charge in [0.1, 0.15) is 0 Å². The lowest BCUT2D eigenvalue weighted by Crippen LogP contribution is -2.15. The van der Waals surface area contributed by atoms with Gasteiger partial charge in [-0.25, -0.2) is 9.78 Å². The summed E-state index contributed by atoms with van der Waals surface area (Å²) in [4.78, 5) is 22.2. The van der Waals surface area contributed by atoms with Gasteiger partial charge in [0.2, 0.25) is 0 Å². The molecule has 0 bridgehead atoms. The topological polar surface area (TPSA) is 66.3 Å². The van der Waals surface area contributed by atoms with Gasteiger partial charge in [0, 0.05) is 18.3 Å². The fraction of sp³-hybridized carbons (Fsp3) is 0.353. The lowest BCUT2D eigenvalue weighted by atomic mass is 10.0. The van der Waals surface area contributed by atoms with Crippen LogP contribution in [0.5, 0.6) is 0 Å². The summed E-state index contributed by atoms with van der Waals surface area (Å²) in [5.41, 5.74) is 2.96. The molecule has 1 aromatic carbocycles. The van der Waals surface area contributed by atoms with Crippen molar-refractivity contribution in [2.24, 2.45) is 5.92 Å². The number of carboxylic acid groups (broad SMARTS) is 1. The van der Waals surface area contributed by atoms with Crippen LogP contribution in [0.2, 0.25) is 0 Å². The van der Waals surface area contributed by atoms with Gasteiger partial charge in [0.15, 0.2) is 0 Å². The van der Waals surface area contributed by atoms with Crippen LogP contribution in [0.25, 0.3) is 11.3 Å². The van der Waals surface area contributed by atoms with Crippen molar-refractivity contribution in [1.82, 2.24) is 14.9 Å². The Bertz CT molecular complexity index is 670. The quantitative estimate of drug-likeness (QED) is 0.938. The Kier molecular flexibility index (Phi) is 4.15. The van der Waals surface area contributed by atoms with E-state index in [9.17, 15) is 4.79 Å². The average Bonchev–Trinajstić information content (AvgIpc) is 2.93. The zero-order valence-corrected chi connectivity index (χ0v) is 12.6. The maximum absolute atomic E-state index is 10.9. The summed E-state index contributed by atoms with van der Waals surface area (Å²) < 4.78 is 0. The molecule has 1 aliphatic rings. The Morgan fingerprint density at radius 3 is 2.73 bits per heavy atom. The molecule has 1 fully saturated rings. The van der Waals surface area contributed by atoms with Gasteiger partial charge in [0.05, 0.1) is 23.1 Å². The van der Waals surface area contributed by atoms with E-state index in [0.29, 0.717) is 5.92 Å². The molecule has 1 saturated heterocycles. The van der Waals surface area contributed by atoms with Crippen LogP contribution in [0, 0.1) is 5.92 Å². The largest absolute Gasteiger partial charge is 0.478 e. The molecule has 0 spiro atoms. The van der Waals surface area contributed by atoms with Crippen molar-refractivity contribution in [3.8, 4) is 11.3 Å². The molecule has 0 amide bonds. The number of aromatic nitrogens is 2. The van der Waals surface area contributed by atoms with Gasteiger partial charge in [-0.1, -0.05) is 12.1 Å². The molecule has 1 aromatic heterocycles. The average molecular weight is 297 g/mol. The second-order valence-electron chi connectivity index (χ2n) is 5.90. The Morgan fingerprint density at radius 2 is 2.09 bits per heavy atom. The van der Waals surface area contributed by atoms with Crippen molar-refractivity contribution < 1.29 is 9.90 Å². The van der Waals surface area contributed by atoms with Crippen LogP contribution in [0.1, 0.15) is 22.5 Å². The molecule has 5 heteroatoms. The Balaban J connectivity index is 1.77. The predicted octanol–water partition coefficient (Wildman–Crippen LogP) is 2.34. The van der Waals surface area contributed by atoms with E-state index in [4.69, 9.17) is 5.11 Å². The summed E-state index contributed by atoms with van der Waals surface area (Å²) in [5.74, 6) is -0.277. The SMILES string of the molecule is CN1CCC(Cc2cncc(-c3ccc(C(=O)O)cc3)n2)C1. The molecule has 1 aliphatic heterocycles. The zero-order valence-electron chi connectivity index (χ0n) is 12.6. The van der Waals surface area contributed by atoms with Crippen molar-refractivity contribution in [3.05, 3.63) is 47.9 Å². The maximum Gasteiger partial charge on any atom is 0.335 e. The van der Waals surface area contributed by atoms with Gasteiger partial charge in [-0.3, -0.25) is 4.98 Å². The van der Waals surface area contributed by atoms with E-state index in [0.717, 1.165) is 36.5 Å². The minimum atomic E-state index is -0.920. The van der Waals surface area contributed by atoms with Gasteiger partial charge in [0.25, 0.3) is 0 Å². The number of hydrogen-bond donors (Lipinski definition) is 1. The summed E-state index contributed by atoms with van der Waals surface area (Å²) in [5, 5.41) is 8.94. The number of carbonyl (C=O) groups is 1. The van der Waals surface area contributed by atoms with Crippen LogP contribution in [0.3, 0.4) is 0 Å². The molecule has 5 nitrogen and oxygen atoms in total. The molecular weight excluding hydrogens is 278 g/mol. The third kappa shape index (κ3) is 3.31. The summed E-state index contributed by atoms with van der Waals surface area (Å²) in [6.45, 7) is 2.26. The van der Waals surface area contributed by atoms with Crippen LogP contribution in [0.4, 0.5) is 0 Å². The van der Waals surface area contributed by atoms with Gasteiger partial charge in [-0.2, -0.15) is 0 Å². The number of carboxylic acids is 1. The minimum absolute atomic E-state index is 0.279. The number of hydrogen-bond acceptors (Lipinski definition) is 4. The minimum Gasteiger partial charge on any atom is -0.478 e. The molecule has 22 heavy (non-hydrogen) atoms. The molecule has 2 heterocycles. The van der Waals surface area contributed by atoms with Gasteiger partial charge >= 0.3 is 5.97 Å². The van der Waals surface area contributed by atoms with Crippen LogP contribution < -0.4 is 0 Å². The van der Waals surface area contributed by atoms with Gasteiger partial charge in [-0.05, 0) is 44.5 Å². The fourth-order valence-electron chi connectivity index (χ4n) is 2.92. The Hall–Kier alpha value is -2.27. The van der Waals surface area contributed by atoms with E-state index in [1.54, 1.807) is 30.5 Å². The highest BCUT2D eigenvalue weighted by Gasteiger charge is 2.20. The molecule has 1 atom stereocenters. The van der Waals surface area contributed by atoms with Crippen molar-refractivity contribution in [2.45, 2.75) is 12.8 Å². The third-order valence-electron chi connectivity index (χ3n) is 4.10. The van der Waals surface area contributed by atoms with Crippen LogP contribution >= 0.6 is 0 Å². The van der Waals surface area contributed by atoms with E-state index < -0.39 is 5.97 Å². The van der Waals surface area contributed by atoms with E-state index in [-0.39, 0.29) is 5.56 Å². The van der Waals surface area contributed by atoms with Gasteiger partial charge < -0.3 is 10.0 Å². The van der Waals surface area contributed by atoms with E-state index in [1.165, 1.54) is 6.42 Å². The standard InChI is InChI=1S/C17H19N3O2/c1-20-7-6-12(11-20)8-15-9-18-10-16(19-15)13-2-4-14(5-3-13)17(21)22/h2-5,9-10,12H,6-8,11H2,1H3,(H,21,22). The monoisotopic (exact) mass is 297 g/mol. The first kappa shape index (κ1) is 14.7. The number of aromatic carboxylic acids is 1. The number of likely N-dealkylation sites (tertiary alicyclic amines) is 1. The summed E-state index contributed by atoms with van der Waals surface area (Å²) in [7, 11) is 2.14. The summed E-state index contributed by atoms with van der Waals surface area (Å²) >= 11 is 0. The number of benzene rings is 1. The van der Waals surface area contributed by atoms with Gasteiger partial charge in [-0.15, -0.1) is 0 Å². The third-order valence-corrected chi connectivity index (χ3v) is 4.10. The first-order valence-corrected chi connectivity index (χ1v) is 7.45. The number of nitrogens with zero attached hydrogens (tertiary/aromatic N) is 3. The summed E-state index contributed by atoms with van der Waals surface area (Å²) in [6, 6.07) is 6.75. The lowest BCUT2D eigenvalue weighted by Gasteiger charge is -2.10. The molecule has 0 radical (unpaired) electrons. The van der Waals surface area contributed by atoms with E-state index >= 15 is 0 Å². The lowest BCUT2D eigenvalue weighted by molar-refractivity contribution is 0.0697. The Morgan fingerprint density at radius 1 is 1.32 bits per heavy atom. The maximum atomic E-state index is 10.9. The molecule has 0 aliphatic carbocycles. The molecule has 0 saturated carbocycles. The highest BCUT2D eigenvalue weighted by Crippen LogP contribution is 2.21. The molecular formula is C17H19N3O2. The highest BCUT2D eigenvalue weighted by molar-refractivity contribution is 5.88. The van der Waals surface area contributed by atoms with Crippen molar-refractivity contribution >= 4 is 5.97 Å². The first-order chi connectivity index (χ1) is 10.6. The highest BCUT2D eigenvalue weighted by atomic mass is 16.4. The number of rotatable bonds is 4. The van der Waals surface area contributed by atoms with Crippen molar-refractivity contribution in [2.75, 3.05) is 20.1 Å². The zero-order chi connectivity index (χ0) is 15.5. The molecule has 1 N–H and O–H groups in total. The smallest absolute Gasteiger partial charge is 0.335 e. The normalized spacial score (nSPS) is 18.5. The van der Waals surface area contributed by atoms with Crippen molar-refractivity contribution in [1.29, 1.82) is 0 Å². The molecule has 3 rings (SSSR count). The van der Waals surface area contributed by atoms with E-state index in [1.807, 2.05) is 6.20 Å².